The second-order valence-electron chi connectivity index (χ2n) is 7.44. The van der Waals surface area contributed by atoms with Gasteiger partial charge >= 0.3 is 0 Å². The molecule has 1 aromatic heterocycles. The number of aryl methyl sites for hydroxylation is 1. The van der Waals surface area contributed by atoms with Gasteiger partial charge in [-0.1, -0.05) is 25.7 Å². The molecule has 7 heteroatoms. The molecule has 2 fully saturated rings. The molecule has 1 atom stereocenters. The summed E-state index contributed by atoms with van der Waals surface area (Å²) in [4.78, 5) is 25.9. The summed E-state index contributed by atoms with van der Waals surface area (Å²) in [5.74, 6) is 0.906. The third kappa shape index (κ3) is 5.30. The standard InChI is InChI=1S/C19H30N4O3/c1-22-19(25)12-16(13-21-22)23-10-11-26-17(14-23)8-9-20-18(24)7-6-15-4-2-3-5-15/h12-13,15,17H,2-11,14H2,1H3,(H,20,24)/t17-/m0/s1. The third-order valence-electron chi connectivity index (χ3n) is 5.50. The third-order valence-corrected chi connectivity index (χ3v) is 5.50. The van der Waals surface area contributed by atoms with Gasteiger partial charge in [-0.2, -0.15) is 5.10 Å². The smallest absolute Gasteiger partial charge is 0.268 e. The van der Waals surface area contributed by atoms with E-state index in [9.17, 15) is 9.59 Å². The molecule has 3 rings (SSSR count). The van der Waals surface area contributed by atoms with Crippen LogP contribution in [0.4, 0.5) is 5.69 Å². The van der Waals surface area contributed by atoms with Crippen molar-refractivity contribution in [2.45, 2.75) is 51.0 Å². The molecule has 0 aromatic carbocycles. The number of carbonyl (C=O) groups excluding carboxylic acids is 1. The Morgan fingerprint density at radius 1 is 1.35 bits per heavy atom. The highest BCUT2D eigenvalue weighted by atomic mass is 16.5. The van der Waals surface area contributed by atoms with Crippen molar-refractivity contribution in [2.75, 3.05) is 31.1 Å². The Morgan fingerprint density at radius 2 is 2.15 bits per heavy atom. The van der Waals surface area contributed by atoms with Crippen LogP contribution in [0.2, 0.25) is 0 Å². The maximum Gasteiger partial charge on any atom is 0.268 e. The van der Waals surface area contributed by atoms with Crippen LogP contribution in [-0.4, -0.2) is 48.0 Å². The molecular formula is C19H30N4O3. The van der Waals surface area contributed by atoms with Gasteiger partial charge in [-0.3, -0.25) is 9.59 Å². The van der Waals surface area contributed by atoms with E-state index in [1.54, 1.807) is 19.3 Å². The second-order valence-corrected chi connectivity index (χ2v) is 7.44. The number of hydrogen-bond donors (Lipinski definition) is 1. The number of carbonyl (C=O) groups is 1. The molecule has 1 saturated heterocycles. The zero-order valence-corrected chi connectivity index (χ0v) is 15.7. The van der Waals surface area contributed by atoms with E-state index in [0.717, 1.165) is 31.0 Å². The van der Waals surface area contributed by atoms with Crippen molar-refractivity contribution in [1.82, 2.24) is 15.1 Å². The lowest BCUT2D eigenvalue weighted by Crippen LogP contribution is -2.44. The fraction of sp³-hybridized carbons (Fsp3) is 0.737. The highest BCUT2D eigenvalue weighted by Gasteiger charge is 2.21. The Labute approximate surface area is 154 Å². The number of amides is 1. The summed E-state index contributed by atoms with van der Waals surface area (Å²) < 4.78 is 7.13. The molecule has 1 aliphatic carbocycles. The number of ether oxygens (including phenoxy) is 1. The molecule has 26 heavy (non-hydrogen) atoms. The van der Waals surface area contributed by atoms with Gasteiger partial charge < -0.3 is 15.0 Å². The summed E-state index contributed by atoms with van der Waals surface area (Å²) in [7, 11) is 1.64. The summed E-state index contributed by atoms with van der Waals surface area (Å²) in [5.41, 5.74) is 0.724. The lowest BCUT2D eigenvalue weighted by molar-refractivity contribution is -0.121. The first kappa shape index (κ1) is 18.9. The predicted octanol–water partition coefficient (Wildman–Crippen LogP) is 1.46. The average molecular weight is 362 g/mol. The maximum atomic E-state index is 12.0. The second kappa shape index (κ2) is 9.16. The van der Waals surface area contributed by atoms with Crippen LogP contribution in [0.15, 0.2) is 17.1 Å². The number of morpholine rings is 1. The lowest BCUT2D eigenvalue weighted by atomic mass is 10.0. The van der Waals surface area contributed by atoms with Crippen molar-refractivity contribution >= 4 is 11.6 Å². The molecular weight excluding hydrogens is 332 g/mol. The number of nitrogens with zero attached hydrogens (tertiary/aromatic N) is 3. The first-order valence-corrected chi connectivity index (χ1v) is 9.78. The molecule has 0 spiro atoms. The largest absolute Gasteiger partial charge is 0.374 e. The van der Waals surface area contributed by atoms with Gasteiger partial charge in [0.05, 0.1) is 24.6 Å². The van der Waals surface area contributed by atoms with Crippen LogP contribution < -0.4 is 15.8 Å². The van der Waals surface area contributed by atoms with Gasteiger partial charge in [0.2, 0.25) is 5.91 Å². The van der Waals surface area contributed by atoms with Crippen LogP contribution in [0.25, 0.3) is 0 Å². The average Bonchev–Trinajstić information content (AvgIpc) is 3.16. The summed E-state index contributed by atoms with van der Waals surface area (Å²) in [5, 5.41) is 7.10. The van der Waals surface area contributed by atoms with Crippen molar-refractivity contribution < 1.29 is 9.53 Å². The zero-order valence-electron chi connectivity index (χ0n) is 15.7. The molecule has 1 N–H and O–H groups in total. The lowest BCUT2D eigenvalue weighted by Gasteiger charge is -2.34. The molecule has 0 radical (unpaired) electrons. The van der Waals surface area contributed by atoms with Crippen LogP contribution >= 0.6 is 0 Å². The van der Waals surface area contributed by atoms with E-state index < -0.39 is 0 Å². The van der Waals surface area contributed by atoms with Crippen LogP contribution in [0.1, 0.15) is 44.9 Å². The van der Waals surface area contributed by atoms with Gasteiger partial charge in [0.25, 0.3) is 5.56 Å². The number of nitrogens with one attached hydrogen (secondary N) is 1. The van der Waals surface area contributed by atoms with E-state index in [1.165, 1.54) is 30.4 Å². The van der Waals surface area contributed by atoms with Crippen LogP contribution in [0.3, 0.4) is 0 Å². The minimum absolute atomic E-state index is 0.0583. The first-order chi connectivity index (χ1) is 12.6. The van der Waals surface area contributed by atoms with Crippen LogP contribution in [0, 0.1) is 5.92 Å². The summed E-state index contributed by atoms with van der Waals surface area (Å²) in [6.07, 6.45) is 9.45. The number of anilines is 1. The molecule has 1 aromatic rings. The van der Waals surface area contributed by atoms with Crippen LogP contribution in [0.5, 0.6) is 0 Å². The molecule has 2 heterocycles. The molecule has 0 unspecified atom stereocenters. The Hall–Kier alpha value is -1.89. The van der Waals surface area contributed by atoms with Gasteiger partial charge in [0.15, 0.2) is 0 Å². The van der Waals surface area contributed by atoms with Crippen molar-refractivity contribution in [1.29, 1.82) is 0 Å². The number of rotatable bonds is 7. The summed E-state index contributed by atoms with van der Waals surface area (Å²) in [6.45, 7) is 2.72. The SMILES string of the molecule is Cn1ncc(N2CCO[C@@H](CCNC(=O)CCC3CCCC3)C2)cc1=O. The first-order valence-electron chi connectivity index (χ1n) is 9.78. The number of hydrogen-bond acceptors (Lipinski definition) is 5. The van der Waals surface area contributed by atoms with Crippen molar-refractivity contribution in [3.63, 3.8) is 0 Å². The van der Waals surface area contributed by atoms with Gasteiger partial charge in [-0.15, -0.1) is 0 Å². The normalized spacial score (nSPS) is 21.1. The minimum atomic E-state index is -0.111. The van der Waals surface area contributed by atoms with Gasteiger partial charge in [-0.05, 0) is 18.8 Å². The molecule has 0 bridgehead atoms. The Kier molecular flexibility index (Phi) is 6.66. The summed E-state index contributed by atoms with van der Waals surface area (Å²) in [6, 6.07) is 1.61. The number of aromatic nitrogens is 2. The van der Waals surface area contributed by atoms with Crippen molar-refractivity contribution in [3.05, 3.63) is 22.6 Å². The molecule has 7 nitrogen and oxygen atoms in total. The van der Waals surface area contributed by atoms with E-state index in [2.05, 4.69) is 15.3 Å². The Bertz CT molecular complexity index is 654. The molecule has 144 valence electrons. The van der Waals surface area contributed by atoms with Crippen molar-refractivity contribution in [3.8, 4) is 0 Å². The van der Waals surface area contributed by atoms with E-state index in [-0.39, 0.29) is 17.6 Å². The van der Waals surface area contributed by atoms with E-state index in [4.69, 9.17) is 4.74 Å². The van der Waals surface area contributed by atoms with E-state index in [0.29, 0.717) is 26.1 Å². The fourth-order valence-electron chi connectivity index (χ4n) is 3.86. The molecule has 1 amide bonds. The topological polar surface area (TPSA) is 76.5 Å². The Morgan fingerprint density at radius 3 is 2.92 bits per heavy atom. The predicted molar refractivity (Wildman–Crippen MR) is 100 cm³/mol. The highest BCUT2D eigenvalue weighted by molar-refractivity contribution is 5.75. The Balaban J connectivity index is 1.38. The summed E-state index contributed by atoms with van der Waals surface area (Å²) >= 11 is 0. The molecule has 1 saturated carbocycles. The van der Waals surface area contributed by atoms with Crippen LogP contribution in [-0.2, 0) is 16.6 Å². The zero-order chi connectivity index (χ0) is 18.4. The van der Waals surface area contributed by atoms with Gasteiger partial charge in [0, 0.05) is 39.2 Å². The van der Waals surface area contributed by atoms with E-state index >= 15 is 0 Å². The van der Waals surface area contributed by atoms with Crippen molar-refractivity contribution in [2.24, 2.45) is 13.0 Å². The highest BCUT2D eigenvalue weighted by Crippen LogP contribution is 2.28. The molecule has 1 aliphatic heterocycles. The maximum absolute atomic E-state index is 12.0. The van der Waals surface area contributed by atoms with Gasteiger partial charge in [-0.25, -0.2) is 4.68 Å². The minimum Gasteiger partial charge on any atom is -0.374 e. The fourth-order valence-corrected chi connectivity index (χ4v) is 3.86. The monoisotopic (exact) mass is 362 g/mol. The van der Waals surface area contributed by atoms with Gasteiger partial charge in [0.1, 0.15) is 0 Å². The quantitative estimate of drug-likeness (QED) is 0.795. The molecule has 2 aliphatic rings. The van der Waals surface area contributed by atoms with E-state index in [1.807, 2.05) is 0 Å².